The largest absolute Gasteiger partial charge is 0.331 e. The highest BCUT2D eigenvalue weighted by molar-refractivity contribution is 9.10. The number of H-pyrrole nitrogens is 1. The third-order valence-electron chi connectivity index (χ3n) is 2.68. The molecule has 0 atom stereocenters. The monoisotopic (exact) mass is 288 g/mol. The van der Waals surface area contributed by atoms with Crippen LogP contribution in [-0.2, 0) is 0 Å². The van der Waals surface area contributed by atoms with Crippen LogP contribution in [0.4, 0.5) is 0 Å². The number of nitrogens with one attached hydrogen (secondary N) is 1. The quantitative estimate of drug-likeness (QED) is 0.734. The van der Waals surface area contributed by atoms with Crippen LogP contribution in [0.5, 0.6) is 0 Å². The average Bonchev–Trinajstić information content (AvgIpc) is 2.66. The Morgan fingerprint density at radius 3 is 2.53 bits per heavy atom. The third kappa shape index (κ3) is 1.61. The van der Waals surface area contributed by atoms with Crippen LogP contribution < -0.4 is 5.69 Å². The van der Waals surface area contributed by atoms with Crippen LogP contribution in [0.25, 0.3) is 16.7 Å². The number of hydrogen-bond acceptors (Lipinski definition) is 1. The molecule has 0 saturated carbocycles. The Bertz CT molecular complexity index is 742. The van der Waals surface area contributed by atoms with Gasteiger partial charge in [0.1, 0.15) is 0 Å². The lowest BCUT2D eigenvalue weighted by atomic mass is 10.3. The maximum atomic E-state index is 12.0. The lowest BCUT2D eigenvalue weighted by molar-refractivity contribution is 1.01. The topological polar surface area (TPSA) is 37.8 Å². The zero-order chi connectivity index (χ0) is 11.8. The molecule has 0 bridgehead atoms. The molecule has 3 aromatic rings. The molecule has 0 aliphatic heterocycles. The summed E-state index contributed by atoms with van der Waals surface area (Å²) in [6.45, 7) is 0. The van der Waals surface area contributed by atoms with Gasteiger partial charge in [0.2, 0.25) is 0 Å². The molecule has 0 unspecified atom stereocenters. The van der Waals surface area contributed by atoms with Gasteiger partial charge >= 0.3 is 5.69 Å². The van der Waals surface area contributed by atoms with E-state index < -0.39 is 0 Å². The van der Waals surface area contributed by atoms with Gasteiger partial charge in [0, 0.05) is 4.47 Å². The average molecular weight is 289 g/mol. The number of hydrogen-bond donors (Lipinski definition) is 1. The van der Waals surface area contributed by atoms with Crippen molar-refractivity contribution >= 4 is 27.0 Å². The zero-order valence-corrected chi connectivity index (χ0v) is 10.4. The van der Waals surface area contributed by atoms with Crippen molar-refractivity contribution in [2.75, 3.05) is 0 Å². The Hall–Kier alpha value is -1.81. The molecule has 1 N–H and O–H groups in total. The van der Waals surface area contributed by atoms with Crippen molar-refractivity contribution in [1.29, 1.82) is 0 Å². The molecule has 3 nitrogen and oxygen atoms in total. The van der Waals surface area contributed by atoms with Crippen LogP contribution in [0.1, 0.15) is 0 Å². The van der Waals surface area contributed by atoms with Gasteiger partial charge in [0.05, 0.1) is 16.7 Å². The molecule has 1 heterocycles. The summed E-state index contributed by atoms with van der Waals surface area (Å²) in [7, 11) is 0. The van der Waals surface area contributed by atoms with Crippen molar-refractivity contribution in [3.8, 4) is 5.69 Å². The number of fused-ring (bicyclic) bond motifs is 1. The van der Waals surface area contributed by atoms with E-state index in [1.54, 1.807) is 4.57 Å². The highest BCUT2D eigenvalue weighted by atomic mass is 79.9. The highest BCUT2D eigenvalue weighted by Gasteiger charge is 2.09. The minimum absolute atomic E-state index is 0.127. The van der Waals surface area contributed by atoms with Crippen LogP contribution >= 0.6 is 15.9 Å². The van der Waals surface area contributed by atoms with Crippen molar-refractivity contribution in [3.05, 3.63) is 63.5 Å². The maximum absolute atomic E-state index is 12.0. The molecular weight excluding hydrogens is 280 g/mol. The Morgan fingerprint density at radius 2 is 1.71 bits per heavy atom. The van der Waals surface area contributed by atoms with Gasteiger partial charge in [0.25, 0.3) is 0 Å². The molecular formula is C13H9BrN2O. The summed E-state index contributed by atoms with van der Waals surface area (Å²) in [6, 6.07) is 15.3. The molecule has 0 aliphatic rings. The van der Waals surface area contributed by atoms with E-state index in [1.165, 1.54) is 0 Å². The van der Waals surface area contributed by atoms with Gasteiger partial charge in [-0.05, 0) is 40.2 Å². The molecule has 2 aromatic carbocycles. The molecule has 4 heteroatoms. The highest BCUT2D eigenvalue weighted by Crippen LogP contribution is 2.22. The van der Waals surface area contributed by atoms with E-state index in [1.807, 2.05) is 48.5 Å². The van der Waals surface area contributed by atoms with Crippen molar-refractivity contribution < 1.29 is 0 Å². The summed E-state index contributed by atoms with van der Waals surface area (Å²) in [5.74, 6) is 0. The summed E-state index contributed by atoms with van der Waals surface area (Å²) < 4.78 is 2.56. The van der Waals surface area contributed by atoms with Crippen LogP contribution in [0.2, 0.25) is 0 Å². The van der Waals surface area contributed by atoms with Crippen molar-refractivity contribution in [3.63, 3.8) is 0 Å². The summed E-state index contributed by atoms with van der Waals surface area (Å²) in [5, 5.41) is 0. The van der Waals surface area contributed by atoms with Crippen molar-refractivity contribution in [1.82, 2.24) is 9.55 Å². The molecule has 84 valence electrons. The molecule has 0 fully saturated rings. The Morgan fingerprint density at radius 1 is 1.00 bits per heavy atom. The SMILES string of the molecule is O=c1[nH]c2ccccc2n1-c1ccccc1Br. The lowest BCUT2D eigenvalue weighted by Gasteiger charge is -2.05. The smallest absolute Gasteiger partial charge is 0.305 e. The first-order valence-corrected chi connectivity index (χ1v) is 6.01. The van der Waals surface area contributed by atoms with Gasteiger partial charge in [-0.3, -0.25) is 4.57 Å². The van der Waals surface area contributed by atoms with Crippen LogP contribution in [0.15, 0.2) is 57.8 Å². The van der Waals surface area contributed by atoms with Crippen molar-refractivity contribution in [2.24, 2.45) is 0 Å². The third-order valence-corrected chi connectivity index (χ3v) is 3.35. The molecule has 0 aliphatic carbocycles. The fraction of sp³-hybridized carbons (Fsp3) is 0. The van der Waals surface area contributed by atoms with Crippen molar-refractivity contribution in [2.45, 2.75) is 0 Å². The number of imidazole rings is 1. The van der Waals surface area contributed by atoms with E-state index in [-0.39, 0.29) is 5.69 Å². The fourth-order valence-electron chi connectivity index (χ4n) is 1.93. The molecule has 0 spiro atoms. The summed E-state index contributed by atoms with van der Waals surface area (Å²) in [5.41, 5.74) is 2.44. The van der Waals surface area contributed by atoms with Gasteiger partial charge in [-0.2, -0.15) is 0 Å². The van der Waals surface area contributed by atoms with E-state index in [0.717, 1.165) is 21.2 Å². The van der Waals surface area contributed by atoms with E-state index in [9.17, 15) is 4.79 Å². The first-order chi connectivity index (χ1) is 8.27. The van der Waals surface area contributed by atoms with E-state index in [0.29, 0.717) is 0 Å². The predicted molar refractivity (Wildman–Crippen MR) is 71.6 cm³/mol. The molecule has 17 heavy (non-hydrogen) atoms. The Balaban J connectivity index is 2.42. The summed E-state index contributed by atoms with van der Waals surface area (Å²) in [4.78, 5) is 14.8. The fourth-order valence-corrected chi connectivity index (χ4v) is 2.39. The first kappa shape index (κ1) is 10.4. The van der Waals surface area contributed by atoms with Crippen LogP contribution in [-0.4, -0.2) is 9.55 Å². The van der Waals surface area contributed by atoms with E-state index in [4.69, 9.17) is 0 Å². The summed E-state index contributed by atoms with van der Waals surface area (Å²) in [6.07, 6.45) is 0. The van der Waals surface area contributed by atoms with Crippen LogP contribution in [0.3, 0.4) is 0 Å². The Kier molecular flexibility index (Phi) is 2.37. The number of nitrogens with zero attached hydrogens (tertiary/aromatic N) is 1. The standard InChI is InChI=1S/C13H9BrN2O/c14-9-5-1-3-7-11(9)16-12-8-4-2-6-10(12)15-13(16)17/h1-8H,(H,15,17). The number of aromatic nitrogens is 2. The van der Waals surface area contributed by atoms with E-state index >= 15 is 0 Å². The van der Waals surface area contributed by atoms with Gasteiger partial charge in [-0.1, -0.05) is 24.3 Å². The normalized spacial score (nSPS) is 10.9. The predicted octanol–water partition coefficient (Wildman–Crippen LogP) is 3.08. The van der Waals surface area contributed by atoms with Gasteiger partial charge in [0.15, 0.2) is 0 Å². The number of benzene rings is 2. The second-order valence-electron chi connectivity index (χ2n) is 3.73. The molecule has 0 saturated heterocycles. The second kappa shape index (κ2) is 3.89. The second-order valence-corrected chi connectivity index (χ2v) is 4.59. The van der Waals surface area contributed by atoms with E-state index in [2.05, 4.69) is 20.9 Å². The molecule has 1 aromatic heterocycles. The summed E-state index contributed by atoms with van der Waals surface area (Å²) >= 11 is 3.46. The molecule has 3 rings (SSSR count). The first-order valence-electron chi connectivity index (χ1n) is 5.22. The number of aromatic amines is 1. The maximum Gasteiger partial charge on any atom is 0.331 e. The molecule has 0 radical (unpaired) electrons. The Labute approximate surface area is 106 Å². The minimum atomic E-state index is -0.127. The van der Waals surface area contributed by atoms with Crippen LogP contribution in [0, 0.1) is 0 Å². The zero-order valence-electron chi connectivity index (χ0n) is 8.85. The number of para-hydroxylation sites is 3. The number of halogens is 1. The lowest BCUT2D eigenvalue weighted by Crippen LogP contribution is -2.14. The molecule has 0 amide bonds. The minimum Gasteiger partial charge on any atom is -0.305 e. The van der Waals surface area contributed by atoms with Gasteiger partial charge in [-0.15, -0.1) is 0 Å². The number of rotatable bonds is 1. The van der Waals surface area contributed by atoms with Gasteiger partial charge < -0.3 is 4.98 Å². The van der Waals surface area contributed by atoms with Gasteiger partial charge in [-0.25, -0.2) is 4.79 Å².